The summed E-state index contributed by atoms with van der Waals surface area (Å²) in [5.41, 5.74) is 0. The SMILES string of the molecule is CCCOc1[c]c(F)c(F)cc1F. The lowest BCUT2D eigenvalue weighted by molar-refractivity contribution is 0.296. The van der Waals surface area contributed by atoms with Crippen molar-refractivity contribution in [1.82, 2.24) is 0 Å². The van der Waals surface area contributed by atoms with E-state index in [1.54, 1.807) is 0 Å². The van der Waals surface area contributed by atoms with Gasteiger partial charge in [-0.05, 0) is 6.42 Å². The molecule has 0 saturated carbocycles. The molecule has 0 aliphatic rings. The van der Waals surface area contributed by atoms with E-state index < -0.39 is 17.5 Å². The summed E-state index contributed by atoms with van der Waals surface area (Å²) in [5.74, 6) is -3.80. The predicted molar refractivity (Wildman–Crippen MR) is 40.9 cm³/mol. The van der Waals surface area contributed by atoms with E-state index >= 15 is 0 Å². The molecule has 1 aromatic rings. The molecule has 0 unspecified atom stereocenters. The topological polar surface area (TPSA) is 9.23 Å². The van der Waals surface area contributed by atoms with Crippen LogP contribution in [0.4, 0.5) is 13.2 Å². The fraction of sp³-hybridized carbons (Fsp3) is 0.333. The first-order valence-electron chi connectivity index (χ1n) is 3.84. The summed E-state index contributed by atoms with van der Waals surface area (Å²) in [7, 11) is 0. The summed E-state index contributed by atoms with van der Waals surface area (Å²) >= 11 is 0. The van der Waals surface area contributed by atoms with Gasteiger partial charge in [-0.1, -0.05) is 6.92 Å². The van der Waals surface area contributed by atoms with Crippen molar-refractivity contribution in [1.29, 1.82) is 0 Å². The lowest BCUT2D eigenvalue weighted by Gasteiger charge is -2.04. The van der Waals surface area contributed by atoms with Gasteiger partial charge in [0.15, 0.2) is 23.2 Å². The summed E-state index contributed by atoms with van der Waals surface area (Å²) in [4.78, 5) is 0. The van der Waals surface area contributed by atoms with Gasteiger partial charge in [-0.15, -0.1) is 0 Å². The van der Waals surface area contributed by atoms with Crippen LogP contribution in [0.1, 0.15) is 13.3 Å². The van der Waals surface area contributed by atoms with E-state index in [9.17, 15) is 13.2 Å². The van der Waals surface area contributed by atoms with E-state index in [1.165, 1.54) is 0 Å². The first-order valence-corrected chi connectivity index (χ1v) is 3.84. The van der Waals surface area contributed by atoms with Gasteiger partial charge in [0, 0.05) is 6.07 Å². The maximum absolute atomic E-state index is 12.8. The summed E-state index contributed by atoms with van der Waals surface area (Å²) in [6, 6.07) is 2.28. The second-order valence-electron chi connectivity index (χ2n) is 2.46. The van der Waals surface area contributed by atoms with Gasteiger partial charge in [0.2, 0.25) is 0 Å². The number of benzene rings is 1. The minimum absolute atomic E-state index is 0.249. The molecule has 0 fully saturated rings. The van der Waals surface area contributed by atoms with Gasteiger partial charge in [-0.3, -0.25) is 0 Å². The van der Waals surface area contributed by atoms with Crippen molar-refractivity contribution >= 4 is 0 Å². The Kier molecular flexibility index (Phi) is 3.17. The molecule has 13 heavy (non-hydrogen) atoms. The molecule has 1 radical (unpaired) electrons. The van der Waals surface area contributed by atoms with Crippen molar-refractivity contribution in [2.24, 2.45) is 0 Å². The molecule has 1 aromatic carbocycles. The molecular formula is C9H8F3O. The number of hydrogen-bond donors (Lipinski definition) is 0. The lowest BCUT2D eigenvalue weighted by atomic mass is 10.3. The molecule has 0 aliphatic heterocycles. The third kappa shape index (κ3) is 2.37. The van der Waals surface area contributed by atoms with E-state index in [4.69, 9.17) is 4.74 Å². The average Bonchev–Trinajstić information content (AvgIpc) is 2.09. The summed E-state index contributed by atoms with van der Waals surface area (Å²) in [6.07, 6.45) is 0.659. The Morgan fingerprint density at radius 1 is 1.31 bits per heavy atom. The Morgan fingerprint density at radius 3 is 2.62 bits per heavy atom. The molecule has 0 heterocycles. The fourth-order valence-electron chi connectivity index (χ4n) is 0.768. The van der Waals surface area contributed by atoms with Crippen LogP contribution in [-0.4, -0.2) is 6.61 Å². The van der Waals surface area contributed by atoms with E-state index in [2.05, 4.69) is 0 Å². The summed E-state index contributed by atoms with van der Waals surface area (Å²) in [5, 5.41) is 0. The molecule has 4 heteroatoms. The zero-order chi connectivity index (χ0) is 9.84. The molecule has 1 rings (SSSR count). The number of ether oxygens (including phenoxy) is 1. The minimum atomic E-state index is -1.26. The van der Waals surface area contributed by atoms with Crippen molar-refractivity contribution in [2.75, 3.05) is 6.61 Å². The Hall–Kier alpha value is -1.19. The van der Waals surface area contributed by atoms with Crippen LogP contribution in [0.25, 0.3) is 0 Å². The van der Waals surface area contributed by atoms with Crippen LogP contribution in [0.3, 0.4) is 0 Å². The van der Waals surface area contributed by atoms with E-state index in [0.29, 0.717) is 12.5 Å². The maximum Gasteiger partial charge on any atom is 0.170 e. The highest BCUT2D eigenvalue weighted by Gasteiger charge is 2.10. The highest BCUT2D eigenvalue weighted by molar-refractivity contribution is 5.24. The number of halogens is 3. The van der Waals surface area contributed by atoms with Crippen molar-refractivity contribution in [2.45, 2.75) is 13.3 Å². The Labute approximate surface area is 74.1 Å². The highest BCUT2D eigenvalue weighted by atomic mass is 19.2. The van der Waals surface area contributed by atoms with Gasteiger partial charge >= 0.3 is 0 Å². The van der Waals surface area contributed by atoms with Crippen LogP contribution in [0, 0.1) is 23.5 Å². The molecular weight excluding hydrogens is 181 g/mol. The average molecular weight is 189 g/mol. The molecule has 0 aromatic heterocycles. The normalized spacial score (nSPS) is 10.2. The Bertz CT molecular complexity index is 299. The third-order valence-electron chi connectivity index (χ3n) is 1.35. The lowest BCUT2D eigenvalue weighted by Crippen LogP contribution is -1.99. The van der Waals surface area contributed by atoms with Gasteiger partial charge in [0.1, 0.15) is 0 Å². The van der Waals surface area contributed by atoms with Crippen molar-refractivity contribution in [3.8, 4) is 5.75 Å². The Balaban J connectivity index is 2.88. The zero-order valence-corrected chi connectivity index (χ0v) is 7.03. The number of rotatable bonds is 3. The molecule has 0 spiro atoms. The zero-order valence-electron chi connectivity index (χ0n) is 7.03. The maximum atomic E-state index is 12.8. The molecule has 71 valence electrons. The van der Waals surface area contributed by atoms with Crippen molar-refractivity contribution in [3.63, 3.8) is 0 Å². The van der Waals surface area contributed by atoms with Crippen LogP contribution < -0.4 is 4.74 Å². The van der Waals surface area contributed by atoms with Crippen LogP contribution in [0.5, 0.6) is 5.75 Å². The number of hydrogen-bond acceptors (Lipinski definition) is 1. The monoisotopic (exact) mass is 189 g/mol. The minimum Gasteiger partial charge on any atom is -0.490 e. The van der Waals surface area contributed by atoms with Gasteiger partial charge in [-0.25, -0.2) is 13.2 Å². The van der Waals surface area contributed by atoms with Crippen molar-refractivity contribution < 1.29 is 17.9 Å². The van der Waals surface area contributed by atoms with Crippen LogP contribution in [0.2, 0.25) is 0 Å². The molecule has 0 saturated heterocycles. The molecule has 0 amide bonds. The van der Waals surface area contributed by atoms with Crippen LogP contribution >= 0.6 is 0 Å². The van der Waals surface area contributed by atoms with Gasteiger partial charge in [0.05, 0.1) is 12.7 Å². The third-order valence-corrected chi connectivity index (χ3v) is 1.35. The standard InChI is InChI=1S/C9H8F3O/c1-2-3-13-9-5-7(11)6(10)4-8(9)12/h4H,2-3H2,1H3. The van der Waals surface area contributed by atoms with Crippen molar-refractivity contribution in [3.05, 3.63) is 29.6 Å². The highest BCUT2D eigenvalue weighted by Crippen LogP contribution is 2.19. The fourth-order valence-corrected chi connectivity index (χ4v) is 0.768. The molecule has 0 aliphatic carbocycles. The second kappa shape index (κ2) is 4.16. The molecule has 1 nitrogen and oxygen atoms in total. The van der Waals surface area contributed by atoms with Crippen LogP contribution in [0.15, 0.2) is 6.07 Å². The molecule has 0 bridgehead atoms. The summed E-state index contributed by atoms with van der Waals surface area (Å²) in [6.45, 7) is 2.07. The molecule has 0 atom stereocenters. The smallest absolute Gasteiger partial charge is 0.170 e. The van der Waals surface area contributed by atoms with E-state index in [0.717, 1.165) is 0 Å². The quantitative estimate of drug-likeness (QED) is 0.664. The first-order chi connectivity index (χ1) is 6.15. The first kappa shape index (κ1) is 9.89. The van der Waals surface area contributed by atoms with Gasteiger partial charge in [-0.2, -0.15) is 0 Å². The van der Waals surface area contributed by atoms with Crippen LogP contribution in [-0.2, 0) is 0 Å². The summed E-state index contributed by atoms with van der Waals surface area (Å²) < 4.78 is 42.5. The van der Waals surface area contributed by atoms with E-state index in [-0.39, 0.29) is 12.4 Å². The van der Waals surface area contributed by atoms with Gasteiger partial charge in [0.25, 0.3) is 0 Å². The van der Waals surface area contributed by atoms with Gasteiger partial charge < -0.3 is 4.74 Å². The Morgan fingerprint density at radius 2 is 2.00 bits per heavy atom. The molecule has 0 N–H and O–H groups in total. The second-order valence-corrected chi connectivity index (χ2v) is 2.46. The van der Waals surface area contributed by atoms with E-state index in [1.807, 2.05) is 13.0 Å². The predicted octanol–water partition coefficient (Wildman–Crippen LogP) is 2.69. The largest absolute Gasteiger partial charge is 0.490 e.